The van der Waals surface area contributed by atoms with Gasteiger partial charge in [0.25, 0.3) is 0 Å². The van der Waals surface area contributed by atoms with Gasteiger partial charge >= 0.3 is 0 Å². The molecule has 0 atom stereocenters. The Bertz CT molecular complexity index is 614. The zero-order valence-electron chi connectivity index (χ0n) is 14.1. The van der Waals surface area contributed by atoms with Gasteiger partial charge in [0.2, 0.25) is 10.0 Å². The van der Waals surface area contributed by atoms with Gasteiger partial charge in [0, 0.05) is 30.2 Å². The quantitative estimate of drug-likeness (QED) is 0.314. The zero-order valence-corrected chi connectivity index (χ0v) is 18.1. The SMILES string of the molecule is CCc1cnc(CNC(=NC)NCC(C)(C)NS(C)(=O)=O)s1.I. The second-order valence-corrected chi connectivity index (χ2v) is 8.56. The van der Waals surface area contributed by atoms with E-state index in [4.69, 9.17) is 0 Å². The molecule has 1 rings (SSSR count). The number of guanidine groups is 1. The molecule has 0 saturated carbocycles. The molecule has 23 heavy (non-hydrogen) atoms. The van der Waals surface area contributed by atoms with Crippen molar-refractivity contribution >= 4 is 51.3 Å². The first-order valence-electron chi connectivity index (χ1n) is 7.02. The average molecular weight is 475 g/mol. The van der Waals surface area contributed by atoms with Gasteiger partial charge in [-0.25, -0.2) is 18.1 Å². The maximum Gasteiger partial charge on any atom is 0.209 e. The summed E-state index contributed by atoms with van der Waals surface area (Å²) in [4.78, 5) is 9.70. The van der Waals surface area contributed by atoms with Crippen molar-refractivity contribution in [2.75, 3.05) is 19.8 Å². The molecule has 0 saturated heterocycles. The summed E-state index contributed by atoms with van der Waals surface area (Å²) in [5, 5.41) is 7.27. The van der Waals surface area contributed by atoms with Crippen LogP contribution in [0.25, 0.3) is 0 Å². The molecule has 0 fully saturated rings. The number of aryl methyl sites for hydroxylation is 1. The molecule has 0 spiro atoms. The van der Waals surface area contributed by atoms with E-state index in [0.29, 0.717) is 19.0 Å². The van der Waals surface area contributed by atoms with Gasteiger partial charge in [-0.2, -0.15) is 0 Å². The van der Waals surface area contributed by atoms with E-state index >= 15 is 0 Å². The molecule has 3 N–H and O–H groups in total. The molecule has 7 nitrogen and oxygen atoms in total. The van der Waals surface area contributed by atoms with Gasteiger partial charge in [0.1, 0.15) is 5.01 Å². The van der Waals surface area contributed by atoms with Crippen molar-refractivity contribution in [3.8, 4) is 0 Å². The number of hydrogen-bond acceptors (Lipinski definition) is 5. The van der Waals surface area contributed by atoms with Crippen LogP contribution < -0.4 is 15.4 Å². The molecule has 1 heterocycles. The smallest absolute Gasteiger partial charge is 0.209 e. The van der Waals surface area contributed by atoms with Crippen LogP contribution in [0.15, 0.2) is 11.2 Å². The summed E-state index contributed by atoms with van der Waals surface area (Å²) >= 11 is 1.67. The van der Waals surface area contributed by atoms with Gasteiger partial charge < -0.3 is 10.6 Å². The second kappa shape index (κ2) is 9.74. The lowest BCUT2D eigenvalue weighted by molar-refractivity contribution is 0.446. The summed E-state index contributed by atoms with van der Waals surface area (Å²) in [6, 6.07) is 0. The predicted octanol–water partition coefficient (Wildman–Crippen LogP) is 1.32. The van der Waals surface area contributed by atoms with Crippen LogP contribution in [0.4, 0.5) is 0 Å². The van der Waals surface area contributed by atoms with Crippen LogP contribution in [0, 0.1) is 0 Å². The number of nitrogens with zero attached hydrogens (tertiary/aromatic N) is 2. The largest absolute Gasteiger partial charge is 0.355 e. The fraction of sp³-hybridized carbons (Fsp3) is 0.692. The Morgan fingerprint density at radius 1 is 1.39 bits per heavy atom. The molecule has 10 heteroatoms. The van der Waals surface area contributed by atoms with Crippen molar-refractivity contribution in [2.24, 2.45) is 4.99 Å². The van der Waals surface area contributed by atoms with Gasteiger partial charge in [-0.1, -0.05) is 6.92 Å². The molecule has 1 aromatic heterocycles. The third kappa shape index (κ3) is 9.42. The number of nitrogens with one attached hydrogen (secondary N) is 3. The fourth-order valence-electron chi connectivity index (χ4n) is 1.82. The van der Waals surface area contributed by atoms with Crippen molar-refractivity contribution < 1.29 is 8.42 Å². The van der Waals surface area contributed by atoms with Crippen molar-refractivity contribution in [1.82, 2.24) is 20.3 Å². The standard InChI is InChI=1S/C13H25N5O2S2.HI/c1-6-10-7-15-11(21-10)8-16-12(14-4)17-9-13(2,3)18-22(5,19)20;/h7,18H,6,8-9H2,1-5H3,(H2,14,16,17);1H. The Hall–Kier alpha value is -0.460. The first-order chi connectivity index (χ1) is 10.1. The highest BCUT2D eigenvalue weighted by Crippen LogP contribution is 2.12. The first kappa shape index (κ1) is 22.5. The third-order valence-corrected chi connectivity index (χ3v) is 4.81. The van der Waals surface area contributed by atoms with E-state index < -0.39 is 15.6 Å². The summed E-state index contributed by atoms with van der Waals surface area (Å²) in [7, 11) is -1.58. The van der Waals surface area contributed by atoms with Gasteiger partial charge in [0.05, 0.1) is 12.8 Å². The Labute approximate surface area is 159 Å². The molecule has 0 amide bonds. The normalized spacial score (nSPS) is 12.7. The highest BCUT2D eigenvalue weighted by Gasteiger charge is 2.22. The van der Waals surface area contributed by atoms with Crippen molar-refractivity contribution in [2.45, 2.75) is 39.3 Å². The number of aliphatic imine (C=N–C) groups is 1. The lowest BCUT2D eigenvalue weighted by atomic mass is 10.1. The minimum Gasteiger partial charge on any atom is -0.355 e. The number of sulfonamides is 1. The predicted molar refractivity (Wildman–Crippen MR) is 107 cm³/mol. The number of halogens is 1. The van der Waals surface area contributed by atoms with E-state index in [9.17, 15) is 8.42 Å². The summed E-state index contributed by atoms with van der Waals surface area (Å²) < 4.78 is 25.2. The van der Waals surface area contributed by atoms with Crippen molar-refractivity contribution in [1.29, 1.82) is 0 Å². The number of aromatic nitrogens is 1. The maximum absolute atomic E-state index is 11.3. The van der Waals surface area contributed by atoms with Crippen LogP contribution in [0.5, 0.6) is 0 Å². The maximum atomic E-state index is 11.3. The fourth-order valence-corrected chi connectivity index (χ4v) is 3.69. The van der Waals surface area contributed by atoms with E-state index in [-0.39, 0.29) is 24.0 Å². The lowest BCUT2D eigenvalue weighted by Gasteiger charge is -2.26. The van der Waals surface area contributed by atoms with Crippen LogP contribution >= 0.6 is 35.3 Å². The molecular weight excluding hydrogens is 449 g/mol. The zero-order chi connectivity index (χ0) is 16.8. The third-order valence-electron chi connectivity index (χ3n) is 2.74. The van der Waals surface area contributed by atoms with Crippen molar-refractivity contribution in [3.63, 3.8) is 0 Å². The van der Waals surface area contributed by atoms with E-state index in [2.05, 4.69) is 32.3 Å². The Kier molecular flexibility index (Phi) is 9.55. The molecule has 0 bridgehead atoms. The number of rotatable bonds is 7. The van der Waals surface area contributed by atoms with Gasteiger partial charge in [0.15, 0.2) is 5.96 Å². The molecule has 0 aliphatic heterocycles. The minimum atomic E-state index is -3.25. The second-order valence-electron chi connectivity index (χ2n) is 5.61. The van der Waals surface area contributed by atoms with E-state index in [1.807, 2.05) is 20.0 Å². The van der Waals surface area contributed by atoms with Gasteiger partial charge in [-0.15, -0.1) is 35.3 Å². The number of hydrogen-bond donors (Lipinski definition) is 3. The lowest BCUT2D eigenvalue weighted by Crippen LogP contribution is -2.52. The molecule has 0 aliphatic carbocycles. The van der Waals surface area contributed by atoms with Crippen LogP contribution in [-0.2, 0) is 23.0 Å². The molecule has 0 aromatic carbocycles. The number of thiazole rings is 1. The van der Waals surface area contributed by atoms with E-state index in [1.54, 1.807) is 18.4 Å². The topological polar surface area (TPSA) is 95.5 Å². The Morgan fingerprint density at radius 3 is 2.52 bits per heavy atom. The molecule has 134 valence electrons. The molecule has 0 unspecified atom stereocenters. The Morgan fingerprint density at radius 2 is 2.04 bits per heavy atom. The molecule has 0 aliphatic rings. The summed E-state index contributed by atoms with van der Waals surface area (Å²) in [5.41, 5.74) is -0.609. The summed E-state index contributed by atoms with van der Waals surface area (Å²) in [6.45, 7) is 6.72. The Balaban J connectivity index is 0.00000484. The van der Waals surface area contributed by atoms with E-state index in [1.165, 1.54) is 4.88 Å². The van der Waals surface area contributed by atoms with E-state index in [0.717, 1.165) is 17.7 Å². The summed E-state index contributed by atoms with van der Waals surface area (Å²) in [5.74, 6) is 0.608. The minimum absolute atomic E-state index is 0. The highest BCUT2D eigenvalue weighted by atomic mass is 127. The summed E-state index contributed by atoms with van der Waals surface area (Å²) in [6.07, 6.45) is 4.02. The van der Waals surface area contributed by atoms with Crippen molar-refractivity contribution in [3.05, 3.63) is 16.1 Å². The highest BCUT2D eigenvalue weighted by molar-refractivity contribution is 14.0. The molecule has 0 radical (unpaired) electrons. The monoisotopic (exact) mass is 475 g/mol. The van der Waals surface area contributed by atoms with Crippen LogP contribution in [0.3, 0.4) is 0 Å². The van der Waals surface area contributed by atoms with Crippen LogP contribution in [0.2, 0.25) is 0 Å². The van der Waals surface area contributed by atoms with Gasteiger partial charge in [-0.3, -0.25) is 4.99 Å². The van der Waals surface area contributed by atoms with Crippen LogP contribution in [0.1, 0.15) is 30.7 Å². The first-order valence-corrected chi connectivity index (χ1v) is 9.73. The van der Waals surface area contributed by atoms with Crippen LogP contribution in [-0.4, -0.2) is 44.7 Å². The molecule has 1 aromatic rings. The van der Waals surface area contributed by atoms with Gasteiger partial charge in [-0.05, 0) is 20.3 Å². The average Bonchev–Trinajstić information content (AvgIpc) is 2.84. The molecular formula is C13H26IN5O2S2.